The Morgan fingerprint density at radius 1 is 0.611 bits per heavy atom. The van der Waals surface area contributed by atoms with E-state index in [9.17, 15) is 19.2 Å². The van der Waals surface area contributed by atoms with Gasteiger partial charge in [-0.15, -0.1) is 0 Å². The van der Waals surface area contributed by atoms with E-state index < -0.39 is 29.2 Å². The number of H-pyrrole nitrogens is 2. The SMILES string of the molecule is C=CC1=C(C)c2cc3nc(cc4[nH]c(cc5[nH]c(cc1n2)c(C)c5CCC(=O)OCCOCCOCCOC)c(CCC(=O)OCCOCCOCCOC)c4C)[C@@]1(C)C3=CC=C(C(=O)OC)C1C(=O)OC. The fraction of sp³-hybridized carbons (Fsp3) is 0.481. The molecule has 0 saturated heterocycles. The summed E-state index contributed by atoms with van der Waals surface area (Å²) in [4.78, 5) is 71.3. The van der Waals surface area contributed by atoms with Crippen LogP contribution in [0, 0.1) is 19.8 Å². The summed E-state index contributed by atoms with van der Waals surface area (Å²) in [5.74, 6) is -3.23. The van der Waals surface area contributed by atoms with Crippen molar-refractivity contribution in [1.82, 2.24) is 19.9 Å². The summed E-state index contributed by atoms with van der Waals surface area (Å²) in [6.45, 7) is 16.0. The largest absolute Gasteiger partial charge is 0.469 e. The monoisotopic (exact) mass is 996 g/mol. The van der Waals surface area contributed by atoms with Gasteiger partial charge in [0.2, 0.25) is 0 Å². The predicted molar refractivity (Wildman–Crippen MR) is 270 cm³/mol. The van der Waals surface area contributed by atoms with Crippen LogP contribution in [-0.4, -0.2) is 152 Å². The highest BCUT2D eigenvalue weighted by Gasteiger charge is 2.53. The van der Waals surface area contributed by atoms with Gasteiger partial charge in [-0.1, -0.05) is 24.8 Å². The van der Waals surface area contributed by atoms with Gasteiger partial charge in [0.05, 0.1) is 114 Å². The van der Waals surface area contributed by atoms with E-state index in [2.05, 4.69) is 16.5 Å². The molecule has 0 aromatic carbocycles. The van der Waals surface area contributed by atoms with Crippen LogP contribution in [0.25, 0.3) is 38.8 Å². The molecule has 0 saturated carbocycles. The molecule has 0 amide bonds. The lowest BCUT2D eigenvalue weighted by atomic mass is 9.64. The highest BCUT2D eigenvalue weighted by atomic mass is 16.6. The minimum Gasteiger partial charge on any atom is -0.469 e. The van der Waals surface area contributed by atoms with Gasteiger partial charge in [0.1, 0.15) is 19.1 Å². The lowest BCUT2D eigenvalue weighted by molar-refractivity contribution is -0.149. The third-order valence-corrected chi connectivity index (χ3v) is 13.1. The molecule has 3 aliphatic rings. The number of carbonyl (C=O) groups excluding carboxylic acids is 4. The Kier molecular flexibility index (Phi) is 20.2. The zero-order valence-corrected chi connectivity index (χ0v) is 42.7. The van der Waals surface area contributed by atoms with Gasteiger partial charge in [-0.3, -0.25) is 19.4 Å². The number of ether oxygens (including phenoxy) is 10. The predicted octanol–water partition coefficient (Wildman–Crippen LogP) is 6.60. The molecular formula is C54H68N4O14. The zero-order chi connectivity index (χ0) is 51.8. The first-order valence-electron chi connectivity index (χ1n) is 24.1. The maximum absolute atomic E-state index is 13.9. The number of nitrogens with zero attached hydrogens (tertiary/aromatic N) is 2. The summed E-state index contributed by atoms with van der Waals surface area (Å²) in [5.41, 5.74) is 9.81. The highest BCUT2D eigenvalue weighted by Crippen LogP contribution is 2.52. The number of fused-ring (bicyclic) bond motifs is 11. The fourth-order valence-corrected chi connectivity index (χ4v) is 9.08. The molecule has 2 atom stereocenters. The number of esters is 4. The second kappa shape index (κ2) is 26.4. The first kappa shape index (κ1) is 55.0. The summed E-state index contributed by atoms with van der Waals surface area (Å²) in [7, 11) is 5.77. The number of carbonyl (C=O) groups is 4. The normalized spacial score (nSPS) is 16.2. The van der Waals surface area contributed by atoms with Crippen molar-refractivity contribution in [2.24, 2.45) is 5.92 Å². The van der Waals surface area contributed by atoms with Gasteiger partial charge in [0.15, 0.2) is 0 Å². The zero-order valence-electron chi connectivity index (χ0n) is 42.7. The molecule has 72 heavy (non-hydrogen) atoms. The summed E-state index contributed by atoms with van der Waals surface area (Å²) in [5, 5.41) is 0. The Labute approximate surface area is 420 Å². The Hall–Kier alpha value is -6.28. The molecule has 18 nitrogen and oxygen atoms in total. The van der Waals surface area contributed by atoms with Gasteiger partial charge in [-0.2, -0.15) is 0 Å². The highest BCUT2D eigenvalue weighted by molar-refractivity contribution is 6.02. The molecule has 0 radical (unpaired) electrons. The second-order valence-electron chi connectivity index (χ2n) is 17.4. The van der Waals surface area contributed by atoms with Crippen LogP contribution in [0.2, 0.25) is 0 Å². The maximum Gasteiger partial charge on any atom is 0.334 e. The fourth-order valence-electron chi connectivity index (χ4n) is 9.08. The van der Waals surface area contributed by atoms with Crippen LogP contribution in [-0.2, 0) is 84.8 Å². The van der Waals surface area contributed by atoms with E-state index in [0.29, 0.717) is 105 Å². The molecule has 2 aliphatic heterocycles. The van der Waals surface area contributed by atoms with Crippen molar-refractivity contribution < 1.29 is 66.5 Å². The first-order valence-corrected chi connectivity index (χ1v) is 24.1. The molecule has 8 bridgehead atoms. The Balaban J connectivity index is 1.44. The Bertz CT molecular complexity index is 2730. The number of rotatable bonds is 27. The van der Waals surface area contributed by atoms with E-state index in [0.717, 1.165) is 44.4 Å². The summed E-state index contributed by atoms with van der Waals surface area (Å²) < 4.78 is 53.7. The molecule has 1 aliphatic carbocycles. The second-order valence-corrected chi connectivity index (χ2v) is 17.4. The summed E-state index contributed by atoms with van der Waals surface area (Å²) in [6.07, 6.45) is 5.92. The molecule has 6 rings (SSSR count). The number of hydrogen-bond acceptors (Lipinski definition) is 16. The van der Waals surface area contributed by atoms with E-state index >= 15 is 0 Å². The number of hydrogen-bond donors (Lipinski definition) is 2. The lowest BCUT2D eigenvalue weighted by Gasteiger charge is -2.36. The smallest absolute Gasteiger partial charge is 0.334 e. The summed E-state index contributed by atoms with van der Waals surface area (Å²) in [6, 6.07) is 7.69. The van der Waals surface area contributed by atoms with Gasteiger partial charge in [-0.05, 0) is 98.2 Å². The van der Waals surface area contributed by atoms with Gasteiger partial charge < -0.3 is 57.3 Å². The standard InChI is InChI=1S/C54H68N4O14/c1-10-36-33(2)42-30-47-40-14-11-39(52(61)65-8)51(53(62)66-9)54(40,5)48(58-47)32-43-35(4)38(13-16-50(60)72-28-26-70-24-22-68-20-18-64-7)46(57-43)31-45-37(34(3)41(56-45)29-44(36)55-42)12-15-49(59)71-27-25-69-23-21-67-19-17-63-6/h10-11,14,29-32,51,56-57H,1,12-13,15-28H2,2-9H3/t51?,54-/m1/s1. The minimum absolute atomic E-state index is 0.0513. The molecule has 2 N–H and O–H groups in total. The Morgan fingerprint density at radius 3 is 1.62 bits per heavy atom. The molecule has 388 valence electrons. The van der Waals surface area contributed by atoms with Crippen LogP contribution < -0.4 is 0 Å². The quantitative estimate of drug-likeness (QED) is 0.0467. The minimum atomic E-state index is -1.22. The number of methoxy groups -OCH3 is 4. The van der Waals surface area contributed by atoms with Crippen LogP contribution in [0.5, 0.6) is 0 Å². The van der Waals surface area contributed by atoms with Crippen LogP contribution in [0.15, 0.2) is 54.6 Å². The number of allylic oxidation sites excluding steroid dienone is 6. The number of aromatic amines is 2. The summed E-state index contributed by atoms with van der Waals surface area (Å²) >= 11 is 0. The van der Waals surface area contributed by atoms with Crippen molar-refractivity contribution in [2.45, 2.75) is 58.8 Å². The number of nitrogens with one attached hydrogen (secondary N) is 2. The maximum atomic E-state index is 13.9. The van der Waals surface area contributed by atoms with E-state index in [1.165, 1.54) is 14.2 Å². The van der Waals surface area contributed by atoms with Crippen LogP contribution in [0.1, 0.15) is 71.7 Å². The number of aromatic nitrogens is 4. The molecule has 5 heterocycles. The van der Waals surface area contributed by atoms with E-state index in [4.69, 9.17) is 57.3 Å². The van der Waals surface area contributed by atoms with Gasteiger partial charge >= 0.3 is 23.9 Å². The topological polar surface area (TPSA) is 218 Å². The molecule has 0 fully saturated rings. The molecular weight excluding hydrogens is 929 g/mol. The third-order valence-electron chi connectivity index (χ3n) is 13.1. The van der Waals surface area contributed by atoms with Crippen LogP contribution in [0.3, 0.4) is 0 Å². The van der Waals surface area contributed by atoms with Crippen LogP contribution >= 0.6 is 0 Å². The van der Waals surface area contributed by atoms with E-state index in [-0.39, 0.29) is 50.8 Å². The average molecular weight is 997 g/mol. The molecule has 3 aromatic heterocycles. The van der Waals surface area contributed by atoms with Crippen molar-refractivity contribution in [3.05, 3.63) is 99.7 Å². The molecule has 3 aromatic rings. The molecule has 0 spiro atoms. The third kappa shape index (κ3) is 13.0. The lowest BCUT2D eigenvalue weighted by Crippen LogP contribution is -2.42. The first-order chi connectivity index (χ1) is 34.8. The van der Waals surface area contributed by atoms with Crippen molar-refractivity contribution >= 4 is 62.7 Å². The van der Waals surface area contributed by atoms with E-state index in [1.807, 2.05) is 52.0 Å². The molecule has 1 unspecified atom stereocenters. The Morgan fingerprint density at radius 2 is 1.12 bits per heavy atom. The van der Waals surface area contributed by atoms with Gasteiger partial charge in [0, 0.05) is 54.7 Å². The average Bonchev–Trinajstić information content (AvgIpc) is 4.03. The van der Waals surface area contributed by atoms with Crippen molar-refractivity contribution in [3.8, 4) is 0 Å². The van der Waals surface area contributed by atoms with E-state index in [1.54, 1.807) is 32.4 Å². The van der Waals surface area contributed by atoms with Gasteiger partial charge in [-0.25, -0.2) is 9.78 Å². The van der Waals surface area contributed by atoms with Gasteiger partial charge in [0.25, 0.3) is 0 Å². The van der Waals surface area contributed by atoms with Crippen molar-refractivity contribution in [3.63, 3.8) is 0 Å². The van der Waals surface area contributed by atoms with Crippen molar-refractivity contribution in [1.29, 1.82) is 0 Å². The van der Waals surface area contributed by atoms with Crippen molar-refractivity contribution in [2.75, 3.05) is 108 Å². The van der Waals surface area contributed by atoms with Crippen LogP contribution in [0.4, 0.5) is 0 Å². The number of aryl methyl sites for hydroxylation is 4. The molecule has 18 heteroatoms.